The Morgan fingerprint density at radius 2 is 2.13 bits per heavy atom. The maximum Gasteiger partial charge on any atom is 0.414 e. The first kappa shape index (κ1) is 21.3. The second kappa shape index (κ2) is 9.08. The Morgan fingerprint density at radius 1 is 1.29 bits per heavy atom. The van der Waals surface area contributed by atoms with Gasteiger partial charge in [0.25, 0.3) is 0 Å². The number of halogens is 1. The van der Waals surface area contributed by atoms with Crippen LogP contribution in [-0.4, -0.2) is 50.1 Å². The summed E-state index contributed by atoms with van der Waals surface area (Å²) < 4.78 is 20.3. The van der Waals surface area contributed by atoms with Crippen molar-refractivity contribution in [1.29, 1.82) is 0 Å². The normalized spacial score (nSPS) is 25.8. The van der Waals surface area contributed by atoms with Crippen molar-refractivity contribution in [3.05, 3.63) is 36.7 Å². The second-order valence-electron chi connectivity index (χ2n) is 8.51. The number of anilines is 2. The lowest BCUT2D eigenvalue weighted by Gasteiger charge is -2.41. The molecule has 1 N–H and O–H groups in total. The number of hydrogen-bond acceptors (Lipinski definition) is 5. The van der Waals surface area contributed by atoms with Gasteiger partial charge in [-0.25, -0.2) is 9.18 Å². The lowest BCUT2D eigenvalue weighted by Crippen LogP contribution is -2.45. The van der Waals surface area contributed by atoms with E-state index in [4.69, 9.17) is 4.74 Å². The van der Waals surface area contributed by atoms with Crippen molar-refractivity contribution in [1.82, 2.24) is 5.32 Å². The van der Waals surface area contributed by atoms with Crippen molar-refractivity contribution in [2.75, 3.05) is 36.0 Å². The van der Waals surface area contributed by atoms with Gasteiger partial charge in [-0.3, -0.25) is 14.5 Å². The van der Waals surface area contributed by atoms with Crippen LogP contribution in [0.1, 0.15) is 32.1 Å². The first-order chi connectivity index (χ1) is 15.0. The van der Waals surface area contributed by atoms with Crippen LogP contribution in [0.15, 0.2) is 30.9 Å². The van der Waals surface area contributed by atoms with Gasteiger partial charge in [0.05, 0.1) is 24.5 Å². The van der Waals surface area contributed by atoms with Crippen LogP contribution in [-0.2, 0) is 14.3 Å². The van der Waals surface area contributed by atoms with Crippen molar-refractivity contribution < 1.29 is 23.5 Å². The summed E-state index contributed by atoms with van der Waals surface area (Å²) in [5.41, 5.74) is 0.926. The van der Waals surface area contributed by atoms with Gasteiger partial charge in [-0.15, -0.1) is 6.58 Å². The van der Waals surface area contributed by atoms with Gasteiger partial charge in [-0.2, -0.15) is 0 Å². The summed E-state index contributed by atoms with van der Waals surface area (Å²) in [5.74, 6) is 0.182. The van der Waals surface area contributed by atoms with E-state index < -0.39 is 18.0 Å². The fourth-order valence-corrected chi connectivity index (χ4v) is 4.88. The molecule has 1 saturated carbocycles. The molecule has 7 nitrogen and oxygen atoms in total. The van der Waals surface area contributed by atoms with E-state index in [1.807, 2.05) is 4.90 Å². The van der Waals surface area contributed by atoms with Crippen LogP contribution in [0, 0.1) is 17.7 Å². The quantitative estimate of drug-likeness (QED) is 0.704. The molecule has 1 aromatic carbocycles. The minimum atomic E-state index is -0.559. The number of fused-ring (bicyclic) bond motifs is 1. The van der Waals surface area contributed by atoms with E-state index in [9.17, 15) is 18.8 Å². The van der Waals surface area contributed by atoms with Crippen molar-refractivity contribution in [3.63, 3.8) is 0 Å². The van der Waals surface area contributed by atoms with Crippen LogP contribution in [0.4, 0.5) is 20.6 Å². The van der Waals surface area contributed by atoms with Gasteiger partial charge in [-0.1, -0.05) is 6.08 Å². The Hall–Kier alpha value is -2.90. The van der Waals surface area contributed by atoms with Gasteiger partial charge in [0.15, 0.2) is 0 Å². The second-order valence-corrected chi connectivity index (χ2v) is 8.51. The van der Waals surface area contributed by atoms with Gasteiger partial charge in [0.1, 0.15) is 17.7 Å². The van der Waals surface area contributed by atoms with Gasteiger partial charge < -0.3 is 15.0 Å². The van der Waals surface area contributed by atoms with E-state index in [1.54, 1.807) is 12.1 Å². The van der Waals surface area contributed by atoms with E-state index in [-0.39, 0.29) is 31.3 Å². The molecule has 0 aromatic heterocycles. The number of ether oxygens (including phenoxy) is 1. The highest BCUT2D eigenvalue weighted by Gasteiger charge is 2.37. The van der Waals surface area contributed by atoms with Crippen molar-refractivity contribution >= 4 is 29.2 Å². The standard InChI is InChI=1S/C23H28FN3O4/c1-2-4-22(29)25-12-17-14-27(23(30)31-17)16-7-8-20(19(24)11-16)26-10-9-18-15(13-26)5-3-6-21(18)28/h2,7-8,11,15,17-18H,1,3-6,9-10,12-14H2,(H,25,29). The number of piperidine rings is 1. The Morgan fingerprint density at radius 3 is 2.90 bits per heavy atom. The third-order valence-corrected chi connectivity index (χ3v) is 6.46. The Balaban J connectivity index is 1.39. The molecule has 166 valence electrons. The fraction of sp³-hybridized carbons (Fsp3) is 0.522. The van der Waals surface area contributed by atoms with Crippen LogP contribution < -0.4 is 15.1 Å². The molecule has 8 heteroatoms. The Kier molecular flexibility index (Phi) is 6.25. The molecule has 4 rings (SSSR count). The highest BCUT2D eigenvalue weighted by atomic mass is 19.1. The fourth-order valence-electron chi connectivity index (χ4n) is 4.88. The molecule has 0 spiro atoms. The average Bonchev–Trinajstić information content (AvgIpc) is 3.13. The Bertz CT molecular complexity index is 890. The molecule has 2 heterocycles. The van der Waals surface area contributed by atoms with Crippen molar-refractivity contribution in [3.8, 4) is 0 Å². The summed E-state index contributed by atoms with van der Waals surface area (Å²) in [7, 11) is 0. The first-order valence-corrected chi connectivity index (χ1v) is 10.9. The number of amides is 2. The first-order valence-electron chi connectivity index (χ1n) is 10.9. The molecule has 2 aliphatic heterocycles. The van der Waals surface area contributed by atoms with Gasteiger partial charge in [0, 0.05) is 31.8 Å². The zero-order chi connectivity index (χ0) is 22.0. The molecule has 2 saturated heterocycles. The van der Waals surface area contributed by atoms with E-state index >= 15 is 0 Å². The summed E-state index contributed by atoms with van der Waals surface area (Å²) >= 11 is 0. The smallest absolute Gasteiger partial charge is 0.414 e. The van der Waals surface area contributed by atoms with Crippen LogP contribution in [0.3, 0.4) is 0 Å². The zero-order valence-corrected chi connectivity index (χ0v) is 17.5. The minimum absolute atomic E-state index is 0.121. The number of rotatable bonds is 6. The predicted octanol–water partition coefficient (Wildman–Crippen LogP) is 3.04. The van der Waals surface area contributed by atoms with E-state index in [0.717, 1.165) is 19.3 Å². The van der Waals surface area contributed by atoms with Crippen molar-refractivity contribution in [2.45, 2.75) is 38.2 Å². The number of nitrogens with zero attached hydrogens (tertiary/aromatic N) is 2. The number of carbonyl (C=O) groups is 3. The minimum Gasteiger partial charge on any atom is -0.442 e. The average molecular weight is 429 g/mol. The van der Waals surface area contributed by atoms with Crippen LogP contribution in [0.5, 0.6) is 0 Å². The summed E-state index contributed by atoms with van der Waals surface area (Å²) in [6, 6.07) is 4.77. The topological polar surface area (TPSA) is 79.0 Å². The van der Waals surface area contributed by atoms with Crippen LogP contribution in [0.2, 0.25) is 0 Å². The van der Waals surface area contributed by atoms with Crippen LogP contribution >= 0.6 is 0 Å². The number of nitrogens with one attached hydrogen (secondary N) is 1. The third kappa shape index (κ3) is 4.57. The lowest BCUT2D eigenvalue weighted by molar-refractivity contribution is -0.127. The Labute approximate surface area is 181 Å². The third-order valence-electron chi connectivity index (χ3n) is 6.46. The zero-order valence-electron chi connectivity index (χ0n) is 17.5. The molecule has 3 fully saturated rings. The number of benzene rings is 1. The molecule has 3 aliphatic rings. The molecule has 3 unspecified atom stereocenters. The molecule has 31 heavy (non-hydrogen) atoms. The summed E-state index contributed by atoms with van der Waals surface area (Å²) in [4.78, 5) is 39.3. The highest BCUT2D eigenvalue weighted by molar-refractivity contribution is 5.90. The van der Waals surface area contributed by atoms with Crippen molar-refractivity contribution in [2.24, 2.45) is 11.8 Å². The summed E-state index contributed by atoms with van der Waals surface area (Å²) in [6.07, 6.45) is 4.02. The number of cyclic esters (lactones) is 1. The van der Waals surface area contributed by atoms with E-state index in [0.29, 0.717) is 42.6 Å². The molecule has 1 aliphatic carbocycles. The highest BCUT2D eigenvalue weighted by Crippen LogP contribution is 2.37. The van der Waals surface area contributed by atoms with Gasteiger partial charge in [-0.05, 0) is 43.4 Å². The largest absolute Gasteiger partial charge is 0.442 e. The van der Waals surface area contributed by atoms with Gasteiger partial charge in [0.2, 0.25) is 5.91 Å². The number of ketones is 1. The molecular formula is C23H28FN3O4. The number of carbonyl (C=O) groups excluding carboxylic acids is 3. The molecular weight excluding hydrogens is 401 g/mol. The predicted molar refractivity (Wildman–Crippen MR) is 115 cm³/mol. The SMILES string of the molecule is C=CCC(=O)NCC1CN(c2ccc(N3CCC4C(=O)CCCC4C3)c(F)c2)C(=O)O1. The molecule has 0 radical (unpaired) electrons. The summed E-state index contributed by atoms with van der Waals surface area (Å²) in [5, 5.41) is 2.69. The van der Waals surface area contributed by atoms with E-state index in [2.05, 4.69) is 11.9 Å². The van der Waals surface area contributed by atoms with E-state index in [1.165, 1.54) is 17.0 Å². The maximum absolute atomic E-state index is 15.0. The monoisotopic (exact) mass is 429 g/mol. The maximum atomic E-state index is 15.0. The molecule has 1 aromatic rings. The summed E-state index contributed by atoms with van der Waals surface area (Å²) in [6.45, 7) is 5.28. The van der Waals surface area contributed by atoms with Crippen LogP contribution in [0.25, 0.3) is 0 Å². The number of Topliss-reactive ketones (excluding diaryl/α,β-unsaturated/α-hetero) is 1. The number of hydrogen-bond donors (Lipinski definition) is 1. The van der Waals surface area contributed by atoms with Gasteiger partial charge >= 0.3 is 6.09 Å². The molecule has 3 atom stereocenters. The molecule has 0 bridgehead atoms. The molecule has 2 amide bonds. The lowest BCUT2D eigenvalue weighted by atomic mass is 9.74.